The highest BCUT2D eigenvalue weighted by atomic mass is 16.5. The van der Waals surface area contributed by atoms with Gasteiger partial charge in [-0.15, -0.1) is 0 Å². The van der Waals surface area contributed by atoms with E-state index in [-0.39, 0.29) is 12.1 Å². The fourth-order valence-electron chi connectivity index (χ4n) is 2.04. The van der Waals surface area contributed by atoms with Crippen LogP contribution in [0.25, 0.3) is 0 Å². The third kappa shape index (κ3) is 6.45. The summed E-state index contributed by atoms with van der Waals surface area (Å²) in [5, 5.41) is 5.77. The van der Waals surface area contributed by atoms with Crippen molar-refractivity contribution < 1.29 is 9.53 Å². The van der Waals surface area contributed by atoms with E-state index in [2.05, 4.69) is 17.6 Å². The van der Waals surface area contributed by atoms with Crippen molar-refractivity contribution in [2.24, 2.45) is 0 Å². The SMILES string of the molecule is CCCCCCC(C)NC(=O)Nc1cccc(OC)c1. The first-order valence-corrected chi connectivity index (χ1v) is 7.37. The van der Waals surface area contributed by atoms with Crippen LogP contribution in [0.4, 0.5) is 10.5 Å². The van der Waals surface area contributed by atoms with Gasteiger partial charge in [-0.2, -0.15) is 0 Å². The fraction of sp³-hybridized carbons (Fsp3) is 0.562. The fourth-order valence-corrected chi connectivity index (χ4v) is 2.04. The molecule has 0 aliphatic heterocycles. The topological polar surface area (TPSA) is 50.4 Å². The first-order valence-electron chi connectivity index (χ1n) is 7.37. The van der Waals surface area contributed by atoms with Crippen LogP contribution in [0, 0.1) is 0 Å². The third-order valence-corrected chi connectivity index (χ3v) is 3.20. The molecule has 0 saturated heterocycles. The number of methoxy groups -OCH3 is 1. The van der Waals surface area contributed by atoms with Crippen LogP contribution < -0.4 is 15.4 Å². The lowest BCUT2D eigenvalue weighted by Gasteiger charge is -2.14. The Morgan fingerprint density at radius 2 is 2.10 bits per heavy atom. The van der Waals surface area contributed by atoms with Gasteiger partial charge in [-0.3, -0.25) is 0 Å². The van der Waals surface area contributed by atoms with Crippen molar-refractivity contribution >= 4 is 11.7 Å². The quantitative estimate of drug-likeness (QED) is 0.701. The van der Waals surface area contributed by atoms with Crippen molar-refractivity contribution in [3.05, 3.63) is 24.3 Å². The molecule has 0 fully saturated rings. The molecule has 0 bridgehead atoms. The minimum absolute atomic E-state index is 0.166. The number of benzene rings is 1. The Bertz CT molecular complexity index is 407. The summed E-state index contributed by atoms with van der Waals surface area (Å²) in [4.78, 5) is 11.8. The molecule has 0 spiro atoms. The largest absolute Gasteiger partial charge is 0.497 e. The second kappa shape index (κ2) is 9.23. The van der Waals surface area contributed by atoms with Crippen LogP contribution in [-0.4, -0.2) is 19.2 Å². The van der Waals surface area contributed by atoms with E-state index in [1.165, 1.54) is 19.3 Å². The van der Waals surface area contributed by atoms with Crippen LogP contribution in [0.1, 0.15) is 46.0 Å². The van der Waals surface area contributed by atoms with Gasteiger partial charge in [0.25, 0.3) is 0 Å². The van der Waals surface area contributed by atoms with E-state index >= 15 is 0 Å². The highest BCUT2D eigenvalue weighted by molar-refractivity contribution is 5.89. The van der Waals surface area contributed by atoms with Gasteiger partial charge in [0.15, 0.2) is 0 Å². The molecule has 1 rings (SSSR count). The number of nitrogens with one attached hydrogen (secondary N) is 2. The van der Waals surface area contributed by atoms with Crippen molar-refractivity contribution in [1.82, 2.24) is 5.32 Å². The van der Waals surface area contributed by atoms with Crippen LogP contribution in [0.5, 0.6) is 5.75 Å². The van der Waals surface area contributed by atoms with Gasteiger partial charge in [0, 0.05) is 17.8 Å². The summed E-state index contributed by atoms with van der Waals surface area (Å²) in [6.45, 7) is 4.24. The maximum atomic E-state index is 11.8. The van der Waals surface area contributed by atoms with Gasteiger partial charge in [0.1, 0.15) is 5.75 Å². The molecule has 1 unspecified atom stereocenters. The van der Waals surface area contributed by atoms with E-state index in [0.717, 1.165) is 24.3 Å². The predicted molar refractivity (Wildman–Crippen MR) is 83.4 cm³/mol. The monoisotopic (exact) mass is 278 g/mol. The summed E-state index contributed by atoms with van der Waals surface area (Å²) in [6.07, 6.45) is 5.92. The lowest BCUT2D eigenvalue weighted by Crippen LogP contribution is -2.36. The second-order valence-electron chi connectivity index (χ2n) is 5.08. The standard InChI is InChI=1S/C16H26N2O2/c1-4-5-6-7-9-13(2)17-16(19)18-14-10-8-11-15(12-14)20-3/h8,10-13H,4-7,9H2,1-3H3,(H2,17,18,19). The van der Waals surface area contributed by atoms with Gasteiger partial charge in [0.05, 0.1) is 7.11 Å². The van der Waals surface area contributed by atoms with Crippen molar-refractivity contribution in [3.63, 3.8) is 0 Å². The lowest BCUT2D eigenvalue weighted by molar-refractivity contribution is 0.248. The molecule has 0 aliphatic carbocycles. The van der Waals surface area contributed by atoms with Crippen LogP contribution in [0.3, 0.4) is 0 Å². The summed E-state index contributed by atoms with van der Waals surface area (Å²) in [5.41, 5.74) is 0.736. The smallest absolute Gasteiger partial charge is 0.319 e. The van der Waals surface area contributed by atoms with Crippen LogP contribution in [0.2, 0.25) is 0 Å². The zero-order chi connectivity index (χ0) is 14.8. The molecule has 0 aliphatic rings. The zero-order valence-corrected chi connectivity index (χ0v) is 12.7. The Kier molecular flexibility index (Phi) is 7.55. The number of ether oxygens (including phenoxy) is 1. The Hall–Kier alpha value is -1.71. The molecule has 4 nitrogen and oxygen atoms in total. The molecule has 0 heterocycles. The molecule has 0 saturated carbocycles. The molecule has 4 heteroatoms. The van der Waals surface area contributed by atoms with Gasteiger partial charge in [-0.05, 0) is 25.5 Å². The van der Waals surface area contributed by atoms with Gasteiger partial charge in [0.2, 0.25) is 0 Å². The molecule has 112 valence electrons. The first-order chi connectivity index (χ1) is 9.65. The normalized spacial score (nSPS) is 11.8. The maximum Gasteiger partial charge on any atom is 0.319 e. The molecule has 20 heavy (non-hydrogen) atoms. The Morgan fingerprint density at radius 3 is 2.80 bits per heavy atom. The summed E-state index contributed by atoms with van der Waals surface area (Å²) in [7, 11) is 1.61. The summed E-state index contributed by atoms with van der Waals surface area (Å²) >= 11 is 0. The third-order valence-electron chi connectivity index (χ3n) is 3.20. The summed E-state index contributed by atoms with van der Waals surface area (Å²) in [5.74, 6) is 0.732. The minimum Gasteiger partial charge on any atom is -0.497 e. The van der Waals surface area contributed by atoms with Gasteiger partial charge >= 0.3 is 6.03 Å². The highest BCUT2D eigenvalue weighted by Gasteiger charge is 2.07. The number of carbonyl (C=O) groups is 1. The molecule has 0 aromatic heterocycles. The molecule has 2 N–H and O–H groups in total. The maximum absolute atomic E-state index is 11.8. The summed E-state index contributed by atoms with van der Waals surface area (Å²) < 4.78 is 5.12. The van der Waals surface area contributed by atoms with Crippen LogP contribution in [-0.2, 0) is 0 Å². The van der Waals surface area contributed by atoms with E-state index in [9.17, 15) is 4.79 Å². The first kappa shape index (κ1) is 16.3. The molecular formula is C16H26N2O2. The van der Waals surface area contributed by atoms with E-state index < -0.39 is 0 Å². The van der Waals surface area contributed by atoms with Crippen molar-refractivity contribution in [1.29, 1.82) is 0 Å². The van der Waals surface area contributed by atoms with E-state index in [1.807, 2.05) is 25.1 Å². The second-order valence-corrected chi connectivity index (χ2v) is 5.08. The van der Waals surface area contributed by atoms with Crippen molar-refractivity contribution in [3.8, 4) is 5.75 Å². The Morgan fingerprint density at radius 1 is 1.30 bits per heavy atom. The Balaban J connectivity index is 2.31. The number of hydrogen-bond acceptors (Lipinski definition) is 2. The van der Waals surface area contributed by atoms with Crippen molar-refractivity contribution in [2.45, 2.75) is 52.0 Å². The number of unbranched alkanes of at least 4 members (excludes halogenated alkanes) is 3. The molecule has 1 aromatic carbocycles. The summed E-state index contributed by atoms with van der Waals surface area (Å²) in [6, 6.07) is 7.36. The predicted octanol–water partition coefficient (Wildman–Crippen LogP) is 4.18. The number of carbonyl (C=O) groups excluding carboxylic acids is 1. The van der Waals surface area contributed by atoms with Crippen LogP contribution >= 0.6 is 0 Å². The number of amides is 2. The number of anilines is 1. The van der Waals surface area contributed by atoms with Crippen LogP contribution in [0.15, 0.2) is 24.3 Å². The molecule has 1 aromatic rings. The van der Waals surface area contributed by atoms with E-state index in [0.29, 0.717) is 0 Å². The van der Waals surface area contributed by atoms with Gasteiger partial charge in [-0.25, -0.2) is 4.79 Å². The zero-order valence-electron chi connectivity index (χ0n) is 12.7. The molecule has 2 amide bonds. The average Bonchev–Trinajstić information content (AvgIpc) is 2.43. The number of hydrogen-bond donors (Lipinski definition) is 2. The number of rotatable bonds is 8. The van der Waals surface area contributed by atoms with Gasteiger partial charge in [-0.1, -0.05) is 38.7 Å². The van der Waals surface area contributed by atoms with E-state index in [4.69, 9.17) is 4.74 Å². The average molecular weight is 278 g/mol. The Labute approximate surface area is 121 Å². The molecule has 1 atom stereocenters. The van der Waals surface area contributed by atoms with Crippen molar-refractivity contribution in [2.75, 3.05) is 12.4 Å². The lowest BCUT2D eigenvalue weighted by atomic mass is 10.1. The highest BCUT2D eigenvalue weighted by Crippen LogP contribution is 2.16. The molecular weight excluding hydrogens is 252 g/mol. The van der Waals surface area contributed by atoms with E-state index in [1.54, 1.807) is 13.2 Å². The van der Waals surface area contributed by atoms with Gasteiger partial charge < -0.3 is 15.4 Å². The number of urea groups is 1. The minimum atomic E-state index is -0.166. The molecule has 0 radical (unpaired) electrons.